The Labute approximate surface area is 93.2 Å². The van der Waals surface area contributed by atoms with E-state index in [0.717, 1.165) is 7.11 Å². The molecule has 0 N–H and O–H groups in total. The summed E-state index contributed by atoms with van der Waals surface area (Å²) in [5.41, 5.74) is -0.220. The SMILES string of the molecule is COc1c(C#N)ncc(OC(F)(F)F)c1Cl. The number of rotatable bonds is 2. The van der Waals surface area contributed by atoms with Crippen LogP contribution in [0.15, 0.2) is 6.20 Å². The minimum atomic E-state index is -4.88. The van der Waals surface area contributed by atoms with Crippen LogP contribution in [0.1, 0.15) is 5.69 Å². The molecule has 0 atom stereocenters. The lowest BCUT2D eigenvalue weighted by Crippen LogP contribution is -2.17. The van der Waals surface area contributed by atoms with Crippen LogP contribution in [0.2, 0.25) is 5.02 Å². The third-order valence-electron chi connectivity index (χ3n) is 1.48. The van der Waals surface area contributed by atoms with E-state index in [1.165, 1.54) is 0 Å². The van der Waals surface area contributed by atoms with Gasteiger partial charge in [-0.25, -0.2) is 4.98 Å². The molecule has 8 heteroatoms. The Morgan fingerprint density at radius 3 is 2.56 bits per heavy atom. The summed E-state index contributed by atoms with van der Waals surface area (Å²) in [5, 5.41) is 8.13. The highest BCUT2D eigenvalue weighted by Gasteiger charge is 2.33. The molecule has 0 saturated heterocycles. The van der Waals surface area contributed by atoms with Gasteiger partial charge in [-0.05, 0) is 0 Å². The van der Waals surface area contributed by atoms with Crippen molar-refractivity contribution in [3.05, 3.63) is 16.9 Å². The van der Waals surface area contributed by atoms with Gasteiger partial charge in [0, 0.05) is 0 Å². The monoisotopic (exact) mass is 252 g/mol. The van der Waals surface area contributed by atoms with Gasteiger partial charge in [0.25, 0.3) is 0 Å². The van der Waals surface area contributed by atoms with Crippen molar-refractivity contribution in [3.63, 3.8) is 0 Å². The number of hydrogen-bond acceptors (Lipinski definition) is 4. The van der Waals surface area contributed by atoms with E-state index >= 15 is 0 Å². The number of nitrogens with zero attached hydrogens (tertiary/aromatic N) is 2. The van der Waals surface area contributed by atoms with Gasteiger partial charge in [0.2, 0.25) is 0 Å². The number of aromatic nitrogens is 1. The maximum absolute atomic E-state index is 11.9. The molecule has 1 aromatic rings. The molecule has 0 saturated carbocycles. The van der Waals surface area contributed by atoms with E-state index in [4.69, 9.17) is 16.9 Å². The number of methoxy groups -OCH3 is 1. The zero-order valence-electron chi connectivity index (χ0n) is 7.80. The Bertz CT molecular complexity index is 442. The highest BCUT2D eigenvalue weighted by molar-refractivity contribution is 6.33. The molecular formula is C8H4ClF3N2O2. The van der Waals surface area contributed by atoms with Crippen LogP contribution in [0.4, 0.5) is 13.2 Å². The molecule has 1 rings (SSSR count). The highest BCUT2D eigenvalue weighted by Crippen LogP contribution is 2.37. The van der Waals surface area contributed by atoms with Crippen molar-refractivity contribution in [3.8, 4) is 17.6 Å². The van der Waals surface area contributed by atoms with Gasteiger partial charge < -0.3 is 9.47 Å². The topological polar surface area (TPSA) is 55.1 Å². The smallest absolute Gasteiger partial charge is 0.492 e. The fourth-order valence-corrected chi connectivity index (χ4v) is 1.17. The van der Waals surface area contributed by atoms with E-state index in [2.05, 4.69) is 14.5 Å². The van der Waals surface area contributed by atoms with Crippen LogP contribution < -0.4 is 9.47 Å². The van der Waals surface area contributed by atoms with E-state index in [9.17, 15) is 13.2 Å². The Hall–Kier alpha value is -1.68. The van der Waals surface area contributed by atoms with Gasteiger partial charge in [-0.1, -0.05) is 11.6 Å². The second-order valence-corrected chi connectivity index (χ2v) is 2.86. The first kappa shape index (κ1) is 12.4. The van der Waals surface area contributed by atoms with E-state index in [-0.39, 0.29) is 11.4 Å². The third-order valence-corrected chi connectivity index (χ3v) is 1.84. The second kappa shape index (κ2) is 4.45. The lowest BCUT2D eigenvalue weighted by molar-refractivity contribution is -0.274. The van der Waals surface area contributed by atoms with E-state index in [1.54, 1.807) is 6.07 Å². The van der Waals surface area contributed by atoms with Crippen molar-refractivity contribution in [1.29, 1.82) is 5.26 Å². The zero-order valence-corrected chi connectivity index (χ0v) is 8.56. The molecule has 0 bridgehead atoms. The molecule has 0 spiro atoms. The minimum Gasteiger partial charge on any atom is -0.492 e. The fourth-order valence-electron chi connectivity index (χ4n) is 0.916. The molecule has 0 radical (unpaired) electrons. The molecule has 0 aliphatic heterocycles. The van der Waals surface area contributed by atoms with E-state index < -0.39 is 17.1 Å². The standard InChI is InChI=1S/C8H4ClF3N2O2/c1-15-7-4(2-13)14-3-5(6(7)9)16-8(10,11)12/h3H,1H3. The van der Waals surface area contributed by atoms with E-state index in [0.29, 0.717) is 6.20 Å². The molecular weight excluding hydrogens is 249 g/mol. The molecule has 0 aliphatic rings. The summed E-state index contributed by atoms with van der Waals surface area (Å²) >= 11 is 5.56. The first-order chi connectivity index (χ1) is 7.39. The summed E-state index contributed by atoms with van der Waals surface area (Å²) in [7, 11) is 1.15. The summed E-state index contributed by atoms with van der Waals surface area (Å²) in [6.07, 6.45) is -4.18. The van der Waals surface area contributed by atoms with Crippen LogP contribution in [0, 0.1) is 11.3 Å². The first-order valence-electron chi connectivity index (χ1n) is 3.77. The molecule has 1 aromatic heterocycles. The summed E-state index contributed by atoms with van der Waals surface area (Å²) in [6.45, 7) is 0. The molecule has 86 valence electrons. The Morgan fingerprint density at radius 1 is 1.50 bits per heavy atom. The van der Waals surface area contributed by atoms with Crippen molar-refractivity contribution >= 4 is 11.6 Å². The van der Waals surface area contributed by atoms with Gasteiger partial charge in [-0.15, -0.1) is 13.2 Å². The molecule has 4 nitrogen and oxygen atoms in total. The van der Waals surface area contributed by atoms with Crippen molar-refractivity contribution < 1.29 is 22.6 Å². The van der Waals surface area contributed by atoms with Gasteiger partial charge in [-0.2, -0.15) is 5.26 Å². The molecule has 0 unspecified atom stereocenters. The van der Waals surface area contributed by atoms with Gasteiger partial charge in [0.05, 0.1) is 13.3 Å². The normalized spacial score (nSPS) is 10.8. The number of halogens is 4. The van der Waals surface area contributed by atoms with Crippen LogP contribution in [0.5, 0.6) is 11.5 Å². The second-order valence-electron chi connectivity index (χ2n) is 2.48. The Morgan fingerprint density at radius 2 is 2.12 bits per heavy atom. The molecule has 0 aliphatic carbocycles. The number of alkyl halides is 3. The van der Waals surface area contributed by atoms with Gasteiger partial charge in [-0.3, -0.25) is 0 Å². The van der Waals surface area contributed by atoms with E-state index in [1.807, 2.05) is 0 Å². The first-order valence-corrected chi connectivity index (χ1v) is 4.15. The molecule has 16 heavy (non-hydrogen) atoms. The maximum atomic E-state index is 11.9. The van der Waals surface area contributed by atoms with Crippen LogP contribution in [0.25, 0.3) is 0 Å². The summed E-state index contributed by atoms with van der Waals surface area (Å²) in [6, 6.07) is 1.62. The lowest BCUT2D eigenvalue weighted by atomic mass is 10.3. The average Bonchev–Trinajstić information content (AvgIpc) is 2.19. The molecule has 0 aromatic carbocycles. The molecule has 0 fully saturated rings. The molecule has 0 amide bonds. The summed E-state index contributed by atoms with van der Waals surface area (Å²) in [4.78, 5) is 3.42. The largest absolute Gasteiger partial charge is 0.573 e. The Balaban J connectivity index is 3.20. The van der Waals surface area contributed by atoms with Crippen molar-refractivity contribution in [2.24, 2.45) is 0 Å². The third kappa shape index (κ3) is 2.67. The minimum absolute atomic E-state index is 0.220. The van der Waals surface area contributed by atoms with Crippen molar-refractivity contribution in [1.82, 2.24) is 4.98 Å². The molecule has 1 heterocycles. The van der Waals surface area contributed by atoms with Crippen LogP contribution in [-0.2, 0) is 0 Å². The number of hydrogen-bond donors (Lipinski definition) is 0. The number of pyridine rings is 1. The van der Waals surface area contributed by atoms with Crippen molar-refractivity contribution in [2.75, 3.05) is 7.11 Å². The summed E-state index contributed by atoms with van der Waals surface area (Å²) in [5.74, 6) is -0.976. The predicted octanol–water partition coefficient (Wildman–Crippen LogP) is 2.51. The van der Waals surface area contributed by atoms with Crippen LogP contribution in [0.3, 0.4) is 0 Å². The van der Waals surface area contributed by atoms with Crippen molar-refractivity contribution in [2.45, 2.75) is 6.36 Å². The summed E-state index contributed by atoms with van der Waals surface area (Å²) < 4.78 is 44.0. The van der Waals surface area contributed by atoms with Crippen LogP contribution in [-0.4, -0.2) is 18.5 Å². The fraction of sp³-hybridized carbons (Fsp3) is 0.250. The predicted molar refractivity (Wildman–Crippen MR) is 47.2 cm³/mol. The Kier molecular flexibility index (Phi) is 3.44. The maximum Gasteiger partial charge on any atom is 0.573 e. The highest BCUT2D eigenvalue weighted by atomic mass is 35.5. The average molecular weight is 253 g/mol. The quantitative estimate of drug-likeness (QED) is 0.811. The number of ether oxygens (including phenoxy) is 2. The lowest BCUT2D eigenvalue weighted by Gasteiger charge is -2.12. The van der Waals surface area contributed by atoms with Gasteiger partial charge in [0.1, 0.15) is 11.1 Å². The van der Waals surface area contributed by atoms with Gasteiger partial charge >= 0.3 is 6.36 Å². The van der Waals surface area contributed by atoms with Crippen LogP contribution >= 0.6 is 11.6 Å². The zero-order chi connectivity index (χ0) is 12.3. The number of nitriles is 1. The van der Waals surface area contributed by atoms with Gasteiger partial charge in [0.15, 0.2) is 17.2 Å².